The Labute approximate surface area is 144 Å². The molecule has 0 fully saturated rings. The van der Waals surface area contributed by atoms with Gasteiger partial charge in [0.05, 0.1) is 0 Å². The minimum absolute atomic E-state index is 0.107. The monoisotopic (exact) mass is 344 g/mol. The number of ether oxygens (including phenoxy) is 1. The molecule has 0 saturated heterocycles. The molecule has 2 aromatic carbocycles. The third-order valence-corrected chi connectivity index (χ3v) is 3.59. The van der Waals surface area contributed by atoms with E-state index < -0.39 is 24.0 Å². The highest BCUT2D eigenvalue weighted by molar-refractivity contribution is 5.90. The van der Waals surface area contributed by atoms with Crippen molar-refractivity contribution in [2.75, 3.05) is 0 Å². The first-order valence-electron chi connectivity index (χ1n) is 7.67. The van der Waals surface area contributed by atoms with Gasteiger partial charge >= 0.3 is 11.9 Å². The third-order valence-electron chi connectivity index (χ3n) is 3.59. The van der Waals surface area contributed by atoms with Crippen molar-refractivity contribution in [1.29, 1.82) is 0 Å². The molecule has 2 aromatic rings. The van der Waals surface area contributed by atoms with E-state index in [0.29, 0.717) is 0 Å². The van der Waals surface area contributed by atoms with Crippen molar-refractivity contribution < 1.29 is 24.5 Å². The Balaban J connectivity index is 1.86. The van der Waals surface area contributed by atoms with E-state index in [1.807, 2.05) is 0 Å². The summed E-state index contributed by atoms with van der Waals surface area (Å²) in [5.74, 6) is -1.51. The van der Waals surface area contributed by atoms with Gasteiger partial charge in [0.1, 0.15) is 23.6 Å². The number of phenolic OH excluding ortho intramolecular Hbond substituents is 2. The molecule has 25 heavy (non-hydrogen) atoms. The molecule has 0 unspecified atom stereocenters. The van der Waals surface area contributed by atoms with Crippen LogP contribution in [-0.4, -0.2) is 34.2 Å². The van der Waals surface area contributed by atoms with Gasteiger partial charge in [-0.2, -0.15) is 0 Å². The Morgan fingerprint density at radius 2 is 1.08 bits per heavy atom. The van der Waals surface area contributed by atoms with Crippen LogP contribution < -0.4 is 11.5 Å². The molecule has 6 N–H and O–H groups in total. The van der Waals surface area contributed by atoms with Crippen LogP contribution in [0.25, 0.3) is 0 Å². The zero-order valence-corrected chi connectivity index (χ0v) is 13.5. The van der Waals surface area contributed by atoms with Crippen LogP contribution in [0.5, 0.6) is 11.5 Å². The zero-order chi connectivity index (χ0) is 18.4. The second-order valence-electron chi connectivity index (χ2n) is 5.69. The largest absolute Gasteiger partial charge is 0.508 e. The fraction of sp³-hybridized carbons (Fsp3) is 0.222. The third kappa shape index (κ3) is 5.59. The number of aromatic hydroxyl groups is 2. The van der Waals surface area contributed by atoms with Crippen molar-refractivity contribution in [3.63, 3.8) is 0 Å². The molecule has 0 aliphatic carbocycles. The van der Waals surface area contributed by atoms with Crippen molar-refractivity contribution in [2.24, 2.45) is 11.5 Å². The summed E-state index contributed by atoms with van der Waals surface area (Å²) >= 11 is 0. The van der Waals surface area contributed by atoms with E-state index in [1.165, 1.54) is 24.3 Å². The molecule has 132 valence electrons. The van der Waals surface area contributed by atoms with E-state index in [9.17, 15) is 19.8 Å². The zero-order valence-electron chi connectivity index (χ0n) is 13.5. The summed E-state index contributed by atoms with van der Waals surface area (Å²) < 4.78 is 4.74. The SMILES string of the molecule is N[C@@H](Cc1ccc(O)cc1)C(=O)OC(=O)[C@@H](N)Cc1ccc(O)cc1. The highest BCUT2D eigenvalue weighted by atomic mass is 16.6. The molecular weight excluding hydrogens is 324 g/mol. The summed E-state index contributed by atoms with van der Waals surface area (Å²) in [6, 6.07) is 10.4. The van der Waals surface area contributed by atoms with Crippen molar-refractivity contribution in [1.82, 2.24) is 0 Å². The second kappa shape index (κ2) is 8.27. The van der Waals surface area contributed by atoms with Crippen LogP contribution in [-0.2, 0) is 27.2 Å². The van der Waals surface area contributed by atoms with E-state index in [-0.39, 0.29) is 24.3 Å². The van der Waals surface area contributed by atoms with Crippen molar-refractivity contribution in [2.45, 2.75) is 24.9 Å². The summed E-state index contributed by atoms with van der Waals surface area (Å²) in [4.78, 5) is 23.8. The molecule has 0 radical (unpaired) electrons. The van der Waals surface area contributed by atoms with Gasteiger partial charge in [-0.05, 0) is 48.2 Å². The number of esters is 2. The summed E-state index contributed by atoms with van der Waals surface area (Å²) in [5.41, 5.74) is 12.9. The van der Waals surface area contributed by atoms with Crippen LogP contribution in [0.15, 0.2) is 48.5 Å². The lowest BCUT2D eigenvalue weighted by Crippen LogP contribution is -2.41. The maximum absolute atomic E-state index is 11.9. The molecule has 0 aromatic heterocycles. The van der Waals surface area contributed by atoms with Gasteiger partial charge in [-0.1, -0.05) is 24.3 Å². The predicted octanol–water partition coefficient (Wildman–Crippen LogP) is 0.607. The first-order chi connectivity index (χ1) is 11.8. The number of hydrogen-bond donors (Lipinski definition) is 4. The molecule has 0 aliphatic heterocycles. The lowest BCUT2D eigenvalue weighted by atomic mass is 10.1. The Bertz CT molecular complexity index is 665. The molecule has 0 amide bonds. The quantitative estimate of drug-likeness (QED) is 0.445. The van der Waals surface area contributed by atoms with Crippen LogP contribution in [0.2, 0.25) is 0 Å². The minimum Gasteiger partial charge on any atom is -0.508 e. The fourth-order valence-corrected chi connectivity index (χ4v) is 2.19. The summed E-state index contributed by atoms with van der Waals surface area (Å²) in [7, 11) is 0. The Hall–Kier alpha value is -2.90. The average Bonchev–Trinajstić information content (AvgIpc) is 2.58. The summed E-state index contributed by atoms with van der Waals surface area (Å²) in [6.45, 7) is 0. The molecule has 7 nitrogen and oxygen atoms in total. The van der Waals surface area contributed by atoms with Gasteiger partial charge in [-0.3, -0.25) is 0 Å². The van der Waals surface area contributed by atoms with Crippen LogP contribution in [0.1, 0.15) is 11.1 Å². The van der Waals surface area contributed by atoms with E-state index >= 15 is 0 Å². The number of nitrogens with two attached hydrogens (primary N) is 2. The molecular formula is C18H20N2O5. The normalized spacial score (nSPS) is 13.0. The number of phenols is 2. The molecule has 0 saturated carbocycles. The standard InChI is InChI=1S/C18H20N2O5/c19-15(9-11-1-5-13(21)6-2-11)17(23)25-18(24)16(20)10-12-3-7-14(22)8-4-12/h1-8,15-16,21-22H,9-10,19-20H2/t15-,16-/m0/s1. The number of rotatable bonds is 6. The Morgan fingerprint density at radius 3 is 1.40 bits per heavy atom. The molecule has 2 atom stereocenters. The first kappa shape index (κ1) is 18.4. The smallest absolute Gasteiger partial charge is 0.330 e. The Morgan fingerprint density at radius 1 is 0.760 bits per heavy atom. The maximum Gasteiger partial charge on any atom is 0.330 e. The van der Waals surface area contributed by atoms with Gasteiger partial charge in [0.15, 0.2) is 0 Å². The fourth-order valence-electron chi connectivity index (χ4n) is 2.19. The lowest BCUT2D eigenvalue weighted by molar-refractivity contribution is -0.161. The van der Waals surface area contributed by atoms with Crippen LogP contribution >= 0.6 is 0 Å². The van der Waals surface area contributed by atoms with Gasteiger partial charge in [0, 0.05) is 0 Å². The van der Waals surface area contributed by atoms with E-state index in [0.717, 1.165) is 11.1 Å². The van der Waals surface area contributed by atoms with Crippen molar-refractivity contribution in [3.8, 4) is 11.5 Å². The summed E-state index contributed by atoms with van der Waals surface area (Å²) in [5, 5.41) is 18.4. The highest BCUT2D eigenvalue weighted by Gasteiger charge is 2.23. The second-order valence-corrected chi connectivity index (χ2v) is 5.69. The van der Waals surface area contributed by atoms with Gasteiger partial charge in [0.2, 0.25) is 0 Å². The van der Waals surface area contributed by atoms with Crippen LogP contribution in [0, 0.1) is 0 Å². The topological polar surface area (TPSA) is 136 Å². The number of hydrogen-bond acceptors (Lipinski definition) is 7. The van der Waals surface area contributed by atoms with Gasteiger partial charge < -0.3 is 26.4 Å². The number of benzene rings is 2. The molecule has 0 bridgehead atoms. The predicted molar refractivity (Wildman–Crippen MR) is 90.7 cm³/mol. The van der Waals surface area contributed by atoms with Crippen LogP contribution in [0.3, 0.4) is 0 Å². The minimum atomic E-state index is -1.02. The van der Waals surface area contributed by atoms with E-state index in [4.69, 9.17) is 16.2 Å². The first-order valence-corrected chi connectivity index (χ1v) is 7.67. The molecule has 0 heterocycles. The molecule has 0 spiro atoms. The Kier molecular flexibility index (Phi) is 6.10. The number of carbonyl (C=O) groups excluding carboxylic acids is 2. The molecule has 2 rings (SSSR count). The van der Waals surface area contributed by atoms with Gasteiger partial charge in [-0.25, -0.2) is 9.59 Å². The van der Waals surface area contributed by atoms with Crippen LogP contribution in [0.4, 0.5) is 0 Å². The maximum atomic E-state index is 11.9. The van der Waals surface area contributed by atoms with Gasteiger partial charge in [-0.15, -0.1) is 0 Å². The van der Waals surface area contributed by atoms with E-state index in [2.05, 4.69) is 0 Å². The van der Waals surface area contributed by atoms with Crippen molar-refractivity contribution in [3.05, 3.63) is 59.7 Å². The molecule has 0 aliphatic rings. The highest BCUT2D eigenvalue weighted by Crippen LogP contribution is 2.13. The summed E-state index contributed by atoms with van der Waals surface area (Å²) in [6.07, 6.45) is 0.333. The average molecular weight is 344 g/mol. The van der Waals surface area contributed by atoms with Gasteiger partial charge in [0.25, 0.3) is 0 Å². The van der Waals surface area contributed by atoms with E-state index in [1.54, 1.807) is 24.3 Å². The number of carbonyl (C=O) groups is 2. The lowest BCUT2D eigenvalue weighted by Gasteiger charge is -2.14. The molecule has 7 heteroatoms. The van der Waals surface area contributed by atoms with Crippen molar-refractivity contribution >= 4 is 11.9 Å².